The Balaban J connectivity index is 1.55. The molecule has 2 aliphatic rings. The highest BCUT2D eigenvalue weighted by Crippen LogP contribution is 2.37. The molecule has 0 amide bonds. The molecule has 1 aliphatic heterocycles. The van der Waals surface area contributed by atoms with E-state index in [1.165, 1.54) is 18.2 Å². The van der Waals surface area contributed by atoms with Gasteiger partial charge in [0.15, 0.2) is 0 Å². The van der Waals surface area contributed by atoms with Crippen LogP contribution in [0, 0.1) is 5.82 Å². The number of allylic oxidation sites excluding steroid dienone is 2. The fourth-order valence-corrected chi connectivity index (χ4v) is 5.21. The molecule has 0 radical (unpaired) electrons. The van der Waals surface area contributed by atoms with E-state index >= 15 is 0 Å². The Morgan fingerprint density at radius 2 is 1.90 bits per heavy atom. The van der Waals surface area contributed by atoms with Crippen LogP contribution >= 0.6 is 0 Å². The van der Waals surface area contributed by atoms with E-state index in [0.29, 0.717) is 36.5 Å². The maximum absolute atomic E-state index is 13.9. The number of halogens is 3. The summed E-state index contributed by atoms with van der Waals surface area (Å²) in [6, 6.07) is 9.09. The molecule has 3 aromatic rings. The number of imidazole rings is 1. The molecule has 1 unspecified atom stereocenters. The van der Waals surface area contributed by atoms with Crippen LogP contribution in [0.2, 0.25) is 0 Å². The Morgan fingerprint density at radius 3 is 2.60 bits per heavy atom. The number of aliphatic hydroxyl groups excluding tert-OH is 1. The van der Waals surface area contributed by atoms with Gasteiger partial charge in [0.25, 0.3) is 0 Å². The first kappa shape index (κ1) is 27.6. The molecule has 1 aromatic carbocycles. The molecule has 1 fully saturated rings. The lowest BCUT2D eigenvalue weighted by atomic mass is 10.0. The zero-order valence-electron chi connectivity index (χ0n) is 22.3. The van der Waals surface area contributed by atoms with E-state index < -0.39 is 35.9 Å². The Kier molecular flexibility index (Phi) is 8.07. The first-order valence-corrected chi connectivity index (χ1v) is 13.4. The molecular formula is C30H31F3N4O3. The molecule has 5 rings (SSSR count). The van der Waals surface area contributed by atoms with E-state index in [9.17, 15) is 23.1 Å². The van der Waals surface area contributed by atoms with Crippen LogP contribution in [0.5, 0.6) is 0 Å². The topological polar surface area (TPSA) is 89.3 Å². The zero-order chi connectivity index (χ0) is 28.4. The Labute approximate surface area is 230 Å². The Bertz CT molecular complexity index is 1450. The van der Waals surface area contributed by atoms with Gasteiger partial charge < -0.3 is 19.7 Å². The van der Waals surface area contributed by atoms with Crippen LogP contribution in [0.25, 0.3) is 22.5 Å². The average Bonchev–Trinajstić information content (AvgIpc) is 3.27. The first-order chi connectivity index (χ1) is 19.2. The molecule has 10 heteroatoms. The highest BCUT2D eigenvalue weighted by Gasteiger charge is 2.29. The van der Waals surface area contributed by atoms with E-state index in [0.717, 1.165) is 23.2 Å². The molecule has 1 aliphatic carbocycles. The molecule has 40 heavy (non-hydrogen) atoms. The summed E-state index contributed by atoms with van der Waals surface area (Å²) in [5.41, 5.74) is 2.85. The maximum Gasteiger partial charge on any atom is 0.308 e. The number of ether oxygens (including phenoxy) is 1. The quantitative estimate of drug-likeness (QED) is 0.323. The van der Waals surface area contributed by atoms with Gasteiger partial charge in [-0.1, -0.05) is 13.8 Å². The molecule has 1 saturated heterocycles. The van der Waals surface area contributed by atoms with E-state index in [1.807, 2.05) is 19.9 Å². The number of anilines is 1. The summed E-state index contributed by atoms with van der Waals surface area (Å²) in [5.74, 6) is -0.755. The summed E-state index contributed by atoms with van der Waals surface area (Å²) in [5, 5.41) is 13.2. The second kappa shape index (κ2) is 11.7. The first-order valence-electron chi connectivity index (χ1n) is 13.4. The number of benzene rings is 1. The number of hydrogen-bond donors (Lipinski definition) is 2. The molecule has 0 spiro atoms. The highest BCUT2D eigenvalue weighted by molar-refractivity contribution is 5.80. The van der Waals surface area contributed by atoms with Crippen LogP contribution in [-0.2, 0) is 16.1 Å². The molecule has 7 nitrogen and oxygen atoms in total. The summed E-state index contributed by atoms with van der Waals surface area (Å²) in [7, 11) is 0. The van der Waals surface area contributed by atoms with Gasteiger partial charge in [-0.15, -0.1) is 0 Å². The van der Waals surface area contributed by atoms with Gasteiger partial charge in [0.1, 0.15) is 35.2 Å². The van der Waals surface area contributed by atoms with E-state index in [1.54, 1.807) is 24.4 Å². The van der Waals surface area contributed by atoms with Crippen molar-refractivity contribution in [2.24, 2.45) is 0 Å². The lowest BCUT2D eigenvalue weighted by Gasteiger charge is -2.26. The molecule has 2 N–H and O–H groups in total. The van der Waals surface area contributed by atoms with Crippen molar-refractivity contribution in [3.05, 3.63) is 78.0 Å². The number of nitrogens with zero attached hydrogens (tertiary/aromatic N) is 3. The number of aromatic nitrogens is 3. The van der Waals surface area contributed by atoms with Crippen molar-refractivity contribution in [1.29, 1.82) is 0 Å². The number of carbonyl (C=O) groups excluding carboxylic acids is 1. The van der Waals surface area contributed by atoms with Gasteiger partial charge in [-0.3, -0.25) is 4.79 Å². The molecule has 0 saturated carbocycles. The second-order valence-corrected chi connectivity index (χ2v) is 10.5. The minimum Gasteiger partial charge on any atom is -0.462 e. The van der Waals surface area contributed by atoms with Gasteiger partial charge in [0, 0.05) is 55.1 Å². The van der Waals surface area contributed by atoms with Gasteiger partial charge in [-0.25, -0.2) is 23.1 Å². The molecule has 0 bridgehead atoms. The van der Waals surface area contributed by atoms with Gasteiger partial charge in [-0.05, 0) is 42.5 Å². The van der Waals surface area contributed by atoms with Crippen LogP contribution in [0.4, 0.5) is 19.0 Å². The summed E-state index contributed by atoms with van der Waals surface area (Å²) in [6.07, 6.45) is 3.42. The van der Waals surface area contributed by atoms with E-state index in [-0.39, 0.29) is 24.6 Å². The van der Waals surface area contributed by atoms with Crippen molar-refractivity contribution in [3.8, 4) is 22.5 Å². The third-order valence-corrected chi connectivity index (χ3v) is 6.98. The summed E-state index contributed by atoms with van der Waals surface area (Å²) < 4.78 is 49.0. The van der Waals surface area contributed by atoms with Crippen LogP contribution in [0.3, 0.4) is 0 Å². The standard InChI is InChI=1S/C30H31F3N4O3/c1-17(2)30-36-28(18-3-5-20(31)6-4-18)29(37(30)10-8-25-15-24(38)16-27(39)40-25)19-7-9-34-26(11-19)35-23-13-21(32)12-22(33)14-23/h3-7,9,11-13,17,23-25,38H,8,10,14-16H2,1-2H3,(H,34,35)/t23?,24-,25-/m1/s1. The Hall–Kier alpha value is -3.92. The highest BCUT2D eigenvalue weighted by atomic mass is 19.1. The lowest BCUT2D eigenvalue weighted by Crippen LogP contribution is -2.33. The zero-order valence-corrected chi connectivity index (χ0v) is 22.3. The molecule has 3 heterocycles. The minimum absolute atomic E-state index is 0.00153. The van der Waals surface area contributed by atoms with Crippen LogP contribution in [-0.4, -0.2) is 43.9 Å². The van der Waals surface area contributed by atoms with Crippen molar-refractivity contribution < 1.29 is 27.8 Å². The summed E-state index contributed by atoms with van der Waals surface area (Å²) in [6.45, 7) is 4.49. The van der Waals surface area contributed by atoms with Crippen molar-refractivity contribution >= 4 is 11.8 Å². The third-order valence-electron chi connectivity index (χ3n) is 6.98. The fraction of sp³-hybridized carbons (Fsp3) is 0.367. The van der Waals surface area contributed by atoms with Crippen molar-refractivity contribution in [3.63, 3.8) is 0 Å². The SMILES string of the molecule is CC(C)c1nc(-c2ccc(F)cc2)c(-c2ccnc(NC3C=C(F)C=C(F)C3)c2)n1CC[C@@H]1C[C@@H](O)CC(=O)O1. The number of hydrogen-bond acceptors (Lipinski definition) is 6. The Morgan fingerprint density at radius 1 is 1.12 bits per heavy atom. The minimum atomic E-state index is -0.736. The second-order valence-electron chi connectivity index (χ2n) is 10.5. The fourth-order valence-electron chi connectivity index (χ4n) is 5.21. The smallest absolute Gasteiger partial charge is 0.308 e. The van der Waals surface area contributed by atoms with Crippen molar-refractivity contribution in [2.75, 3.05) is 5.32 Å². The number of cyclic esters (lactones) is 1. The predicted octanol–water partition coefficient (Wildman–Crippen LogP) is 6.22. The normalized spacial score (nSPS) is 21.2. The monoisotopic (exact) mass is 552 g/mol. The molecule has 3 atom stereocenters. The van der Waals surface area contributed by atoms with Crippen molar-refractivity contribution in [1.82, 2.24) is 14.5 Å². The maximum atomic E-state index is 13.9. The third kappa shape index (κ3) is 6.28. The van der Waals surface area contributed by atoms with Gasteiger partial charge in [-0.2, -0.15) is 0 Å². The van der Waals surface area contributed by atoms with Crippen molar-refractivity contribution in [2.45, 2.75) is 70.2 Å². The summed E-state index contributed by atoms with van der Waals surface area (Å²) in [4.78, 5) is 21.2. The van der Waals surface area contributed by atoms with Gasteiger partial charge >= 0.3 is 5.97 Å². The van der Waals surface area contributed by atoms with Gasteiger partial charge in [0.2, 0.25) is 0 Å². The molecule has 210 valence electrons. The average molecular weight is 553 g/mol. The lowest BCUT2D eigenvalue weighted by molar-refractivity contribution is -0.160. The van der Waals surface area contributed by atoms with E-state index in [2.05, 4.69) is 14.9 Å². The summed E-state index contributed by atoms with van der Waals surface area (Å²) >= 11 is 0. The van der Waals surface area contributed by atoms with Crippen LogP contribution in [0.1, 0.15) is 51.3 Å². The predicted molar refractivity (Wildman–Crippen MR) is 145 cm³/mol. The number of carbonyl (C=O) groups is 1. The van der Waals surface area contributed by atoms with Gasteiger partial charge in [0.05, 0.1) is 30.0 Å². The largest absolute Gasteiger partial charge is 0.462 e. The molecule has 2 aromatic heterocycles. The molecular weight excluding hydrogens is 521 g/mol. The number of rotatable bonds is 8. The number of nitrogens with one attached hydrogen (secondary N) is 1. The number of pyridine rings is 1. The van der Waals surface area contributed by atoms with Crippen LogP contribution < -0.4 is 5.32 Å². The van der Waals surface area contributed by atoms with E-state index in [4.69, 9.17) is 9.72 Å². The van der Waals surface area contributed by atoms with Crippen LogP contribution in [0.15, 0.2) is 66.4 Å². The number of esters is 1. The number of aliphatic hydroxyl groups is 1.